The normalized spacial score (nSPS) is 4.40. The molecule has 0 amide bonds. The van der Waals surface area contributed by atoms with Gasteiger partial charge in [0.25, 0.3) is 0 Å². The smallest absolute Gasteiger partial charge is 0.512 e. The van der Waals surface area contributed by atoms with E-state index in [9.17, 15) is 0 Å². The molecule has 0 aromatic heterocycles. The summed E-state index contributed by atoms with van der Waals surface area (Å²) in [6.07, 6.45) is 0. The Labute approximate surface area is 147 Å². The number of hydrogen-bond acceptors (Lipinski definition) is 6. The number of hydrogen-bond donors (Lipinski definition) is 2. The van der Waals surface area contributed by atoms with E-state index in [1.165, 1.54) is 0 Å². The molecular weight excluding hydrogens is 436 g/mol. The zero-order chi connectivity index (χ0) is 12.5. The fourth-order valence-corrected chi connectivity index (χ4v) is 0. The van der Waals surface area contributed by atoms with Gasteiger partial charge in [0.1, 0.15) is 0 Å². The van der Waals surface area contributed by atoms with E-state index in [-0.39, 0.29) is 73.8 Å². The van der Waals surface area contributed by atoms with Crippen molar-refractivity contribution in [2.45, 2.75) is 0 Å². The van der Waals surface area contributed by atoms with Gasteiger partial charge in [-0.05, 0) is 0 Å². The molecule has 0 saturated carbocycles. The molecule has 0 aliphatic rings. The van der Waals surface area contributed by atoms with Crippen LogP contribution in [0.25, 0.3) is 0 Å². The minimum absolute atomic E-state index is 0. The predicted octanol–water partition coefficient (Wildman–Crippen LogP) is -3.27. The molecule has 80 valence electrons. The average Bonchev–Trinajstić information content (AvgIpc) is 2.14. The van der Waals surface area contributed by atoms with Crippen molar-refractivity contribution >= 4 is 10.4 Å². The Morgan fingerprint density at radius 1 is 0.733 bits per heavy atom. The van der Waals surface area contributed by atoms with Gasteiger partial charge in [-0.15, -0.1) is 0 Å². The van der Waals surface area contributed by atoms with Crippen molar-refractivity contribution in [3.63, 3.8) is 0 Å². The molecule has 11 heteroatoms. The molecule has 0 saturated heterocycles. The first-order valence-electron chi connectivity index (χ1n) is 1.59. The van der Waals surface area contributed by atoms with Gasteiger partial charge >= 0.3 is 84.2 Å². The van der Waals surface area contributed by atoms with E-state index in [0.717, 1.165) is 0 Å². The van der Waals surface area contributed by atoms with Gasteiger partial charge in [-0.2, -0.15) is 8.42 Å². The minimum Gasteiger partial charge on any atom is -0.512 e. The van der Waals surface area contributed by atoms with Crippen LogP contribution in [0.1, 0.15) is 0 Å². The predicted molar refractivity (Wildman–Crippen MR) is 34.0 cm³/mol. The van der Waals surface area contributed by atoms with E-state index >= 15 is 0 Å². The van der Waals surface area contributed by atoms with E-state index in [0.29, 0.717) is 0 Å². The monoisotopic (exact) mass is 438 g/mol. The van der Waals surface area contributed by atoms with Crippen molar-refractivity contribution in [3.8, 4) is 0 Å². The fourth-order valence-electron chi connectivity index (χ4n) is 0. The Hall–Kier alpha value is 0.207. The van der Waals surface area contributed by atoms with Gasteiger partial charge in [0.2, 0.25) is 0 Å². The van der Waals surface area contributed by atoms with Crippen LogP contribution >= 0.6 is 0 Å². The molecule has 0 aromatic carbocycles. The van der Waals surface area contributed by atoms with Crippen LogP contribution in [0.5, 0.6) is 0 Å². The Morgan fingerprint density at radius 3 is 0.733 bits per heavy atom. The van der Waals surface area contributed by atoms with Crippen molar-refractivity contribution in [3.05, 3.63) is 26.3 Å². The van der Waals surface area contributed by atoms with Crippen LogP contribution in [0.4, 0.5) is 0 Å². The van der Waals surface area contributed by atoms with Crippen molar-refractivity contribution in [2.75, 3.05) is 0 Å². The first kappa shape index (κ1) is 45.6. The molecule has 0 heterocycles. The van der Waals surface area contributed by atoms with Gasteiger partial charge < -0.3 is 47.3 Å². The maximum Gasteiger partial charge on any atom is 3.00 e. The third-order valence-electron chi connectivity index (χ3n) is 0. The van der Waals surface area contributed by atoms with E-state index in [1.54, 1.807) is 0 Å². The quantitative estimate of drug-likeness (QED) is 0.226. The van der Waals surface area contributed by atoms with Gasteiger partial charge in [0.15, 0.2) is 0 Å². The maximum atomic E-state index is 8.74. The van der Waals surface area contributed by atoms with Crippen LogP contribution in [-0.4, -0.2) is 17.5 Å². The second-order valence-corrected chi connectivity index (χ2v) is 1.34. The topological polar surface area (TPSA) is 170 Å². The summed E-state index contributed by atoms with van der Waals surface area (Å²) in [5, 5.41) is 25.0. The Bertz CT molecular complexity index is 214. The van der Waals surface area contributed by atoms with Gasteiger partial charge in [0, 0.05) is 0 Å². The van der Waals surface area contributed by atoms with Gasteiger partial charge in [-0.25, -0.2) is 0 Å². The molecule has 0 aliphatic carbocycles. The van der Waals surface area contributed by atoms with Crippen LogP contribution in [0.15, 0.2) is 0 Å². The van der Waals surface area contributed by atoms with Crippen LogP contribution < -0.4 is 51.4 Å². The third-order valence-corrected chi connectivity index (χ3v) is 0. The molecule has 0 spiro atoms. The fraction of sp³-hybridized carbons (Fsp3) is 0. The first-order chi connectivity index (χ1) is 6.00. The average molecular weight is 438 g/mol. The van der Waals surface area contributed by atoms with Crippen LogP contribution in [0, 0.1) is 47.3 Å². The van der Waals surface area contributed by atoms with Crippen molar-refractivity contribution in [1.82, 2.24) is 0 Å². The van der Waals surface area contributed by atoms with Gasteiger partial charge in [-0.3, -0.25) is 9.11 Å². The molecule has 0 aliphatic heterocycles. The number of rotatable bonds is 0. The molecule has 0 unspecified atom stereocenters. The summed E-state index contributed by atoms with van der Waals surface area (Å²) in [7, 11) is -4.67. The van der Waals surface area contributed by atoms with Crippen LogP contribution in [-0.2, 0) is 32.8 Å². The van der Waals surface area contributed by atoms with E-state index in [2.05, 4.69) is 0 Å². The SMILES string of the molecule is O=S(=O)(O)O.[Au+3].[C-]#N.[C-]#N.[C-]#N.[C-]#N.[K+]. The first-order valence-corrected chi connectivity index (χ1v) is 2.99. The van der Waals surface area contributed by atoms with Crippen molar-refractivity contribution in [1.29, 1.82) is 21.0 Å². The summed E-state index contributed by atoms with van der Waals surface area (Å²) in [5.74, 6) is 0. The Morgan fingerprint density at radius 2 is 0.733 bits per heavy atom. The summed E-state index contributed by atoms with van der Waals surface area (Å²) in [4.78, 5) is 0. The van der Waals surface area contributed by atoms with Crippen molar-refractivity contribution in [2.24, 2.45) is 0 Å². The number of nitrogens with zero attached hydrogens (tertiary/aromatic N) is 4. The second-order valence-electron chi connectivity index (χ2n) is 0.448. The van der Waals surface area contributed by atoms with Crippen LogP contribution in [0.2, 0.25) is 0 Å². The molecule has 2 N–H and O–H groups in total. The molecule has 0 rings (SSSR count). The van der Waals surface area contributed by atoms with Crippen LogP contribution in [0.3, 0.4) is 0 Å². The summed E-state index contributed by atoms with van der Waals surface area (Å²) >= 11 is 0. The molecule has 0 radical (unpaired) electrons. The Balaban J connectivity index is -0.0000000113. The van der Waals surface area contributed by atoms with E-state index in [4.69, 9.17) is 64.9 Å². The summed E-state index contributed by atoms with van der Waals surface area (Å²) in [5.41, 5.74) is 0. The summed E-state index contributed by atoms with van der Waals surface area (Å²) in [6, 6.07) is 0. The zero-order valence-electron chi connectivity index (χ0n) is 7.21. The maximum absolute atomic E-state index is 8.74. The minimum atomic E-state index is -4.67. The standard InChI is InChI=1S/4CN.Au.K.H2O4S/c4*1-2;;;1-5(2,3)4/h;;;;;;(H2,1,2,3,4)/q4*-1;+3;+1;. The molecule has 0 bridgehead atoms. The molecule has 0 aromatic rings. The van der Waals surface area contributed by atoms with Gasteiger partial charge in [-0.1, -0.05) is 0 Å². The molecule has 8 nitrogen and oxygen atoms in total. The van der Waals surface area contributed by atoms with Crippen molar-refractivity contribution < 1.29 is 91.3 Å². The van der Waals surface area contributed by atoms with E-state index < -0.39 is 10.4 Å². The molecule has 0 fully saturated rings. The largest absolute Gasteiger partial charge is 3.00 e. The second kappa shape index (κ2) is 64.3. The molecule has 15 heavy (non-hydrogen) atoms. The van der Waals surface area contributed by atoms with Gasteiger partial charge in [0.05, 0.1) is 0 Å². The Kier molecular flexibility index (Phi) is 195. The van der Waals surface area contributed by atoms with E-state index in [1.807, 2.05) is 0 Å². The molecular formula is C4H2AuKN4O4S. The summed E-state index contributed by atoms with van der Waals surface area (Å²) in [6.45, 7) is 19.0. The molecule has 0 atom stereocenters. The zero-order valence-corrected chi connectivity index (χ0v) is 13.3. The summed E-state index contributed by atoms with van der Waals surface area (Å²) < 4.78 is 31.6. The third kappa shape index (κ3) is 49600.